The summed E-state index contributed by atoms with van der Waals surface area (Å²) < 4.78 is 48.6. The quantitative estimate of drug-likeness (QED) is 0.413. The molecule has 0 unspecified atom stereocenters. The van der Waals surface area contributed by atoms with Crippen LogP contribution in [-0.4, -0.2) is 21.1 Å². The molecular formula is C20H14F3N3O2S2. The van der Waals surface area contributed by atoms with Crippen molar-refractivity contribution < 1.29 is 17.9 Å². The SMILES string of the molecule is CCOc1ccccc1-n1c(=S)[nH]c(=O)c2c(C(F)(F)F)cc(-c3cccs3)nc21. The molecule has 0 aliphatic rings. The van der Waals surface area contributed by atoms with Gasteiger partial charge >= 0.3 is 6.18 Å². The van der Waals surface area contributed by atoms with Gasteiger partial charge in [0.2, 0.25) is 0 Å². The van der Waals surface area contributed by atoms with Gasteiger partial charge in [-0.1, -0.05) is 18.2 Å². The lowest BCUT2D eigenvalue weighted by molar-refractivity contribution is -0.136. The molecule has 0 radical (unpaired) electrons. The number of aromatic amines is 1. The lowest BCUT2D eigenvalue weighted by Crippen LogP contribution is -2.20. The number of thiophene rings is 1. The Bertz CT molecular complexity index is 1340. The van der Waals surface area contributed by atoms with Crippen LogP contribution in [0.5, 0.6) is 5.75 Å². The van der Waals surface area contributed by atoms with Crippen molar-refractivity contribution in [1.82, 2.24) is 14.5 Å². The second-order valence-electron chi connectivity index (χ2n) is 6.22. The topological polar surface area (TPSA) is 59.9 Å². The minimum Gasteiger partial charge on any atom is -0.492 e. The molecule has 4 aromatic rings. The summed E-state index contributed by atoms with van der Waals surface area (Å²) in [6.07, 6.45) is -4.76. The molecule has 30 heavy (non-hydrogen) atoms. The maximum atomic E-state index is 13.9. The van der Waals surface area contributed by atoms with Crippen LogP contribution in [0.15, 0.2) is 52.6 Å². The Balaban J connectivity index is 2.19. The Morgan fingerprint density at radius 2 is 2.00 bits per heavy atom. The normalized spacial score (nSPS) is 11.7. The number of pyridine rings is 1. The molecule has 0 aliphatic heterocycles. The van der Waals surface area contributed by atoms with E-state index in [1.165, 1.54) is 15.9 Å². The van der Waals surface area contributed by atoms with Gasteiger partial charge in [0.15, 0.2) is 10.4 Å². The van der Waals surface area contributed by atoms with Gasteiger partial charge in [-0.15, -0.1) is 11.3 Å². The molecule has 1 N–H and O–H groups in total. The number of hydrogen-bond donors (Lipinski definition) is 1. The fourth-order valence-electron chi connectivity index (χ4n) is 3.15. The number of nitrogens with zero attached hydrogens (tertiary/aromatic N) is 2. The summed E-state index contributed by atoms with van der Waals surface area (Å²) in [7, 11) is 0. The van der Waals surface area contributed by atoms with E-state index in [0.717, 1.165) is 6.07 Å². The van der Waals surface area contributed by atoms with Crippen LogP contribution in [0.3, 0.4) is 0 Å². The number of fused-ring (bicyclic) bond motifs is 1. The minimum absolute atomic E-state index is 0.0800. The van der Waals surface area contributed by atoms with Gasteiger partial charge < -0.3 is 4.74 Å². The first kappa shape index (κ1) is 20.3. The van der Waals surface area contributed by atoms with Crippen LogP contribution in [0.25, 0.3) is 27.3 Å². The molecule has 0 saturated carbocycles. The van der Waals surface area contributed by atoms with Crippen LogP contribution in [-0.2, 0) is 6.18 Å². The van der Waals surface area contributed by atoms with Crippen molar-refractivity contribution >= 4 is 34.6 Å². The number of rotatable bonds is 4. The highest BCUT2D eigenvalue weighted by Gasteiger charge is 2.36. The second-order valence-corrected chi connectivity index (χ2v) is 7.56. The fourth-order valence-corrected chi connectivity index (χ4v) is 4.11. The van der Waals surface area contributed by atoms with Gasteiger partial charge in [-0.2, -0.15) is 13.2 Å². The number of halogens is 3. The van der Waals surface area contributed by atoms with Crippen molar-refractivity contribution in [2.45, 2.75) is 13.1 Å². The summed E-state index contributed by atoms with van der Waals surface area (Å²) in [5, 5.41) is 1.16. The molecule has 0 spiro atoms. The number of para-hydroxylation sites is 2. The molecule has 154 valence electrons. The predicted molar refractivity (Wildman–Crippen MR) is 112 cm³/mol. The minimum atomic E-state index is -4.76. The molecule has 0 amide bonds. The van der Waals surface area contributed by atoms with Crippen molar-refractivity contribution in [3.63, 3.8) is 0 Å². The molecule has 1 aromatic carbocycles. The highest BCUT2D eigenvalue weighted by Crippen LogP contribution is 2.37. The van der Waals surface area contributed by atoms with Gasteiger partial charge in [0.05, 0.1) is 33.8 Å². The first-order chi connectivity index (χ1) is 14.3. The van der Waals surface area contributed by atoms with E-state index in [1.807, 2.05) is 0 Å². The number of alkyl halides is 3. The van der Waals surface area contributed by atoms with E-state index < -0.39 is 22.7 Å². The van der Waals surface area contributed by atoms with Crippen LogP contribution in [0.1, 0.15) is 12.5 Å². The third kappa shape index (κ3) is 3.52. The molecule has 10 heteroatoms. The van der Waals surface area contributed by atoms with Gasteiger partial charge in [0.25, 0.3) is 5.56 Å². The Hall–Kier alpha value is -2.98. The summed E-state index contributed by atoms with van der Waals surface area (Å²) in [6.45, 7) is 2.13. The van der Waals surface area contributed by atoms with Gasteiger partial charge in [0.1, 0.15) is 5.75 Å². The van der Waals surface area contributed by atoms with Gasteiger partial charge in [-0.3, -0.25) is 14.3 Å². The molecule has 5 nitrogen and oxygen atoms in total. The molecule has 0 aliphatic carbocycles. The molecule has 0 fully saturated rings. The van der Waals surface area contributed by atoms with Crippen LogP contribution >= 0.6 is 23.6 Å². The van der Waals surface area contributed by atoms with Crippen LogP contribution in [0, 0.1) is 4.77 Å². The number of nitrogens with one attached hydrogen (secondary N) is 1. The summed E-state index contributed by atoms with van der Waals surface area (Å²) in [6, 6.07) is 11.0. The monoisotopic (exact) mass is 449 g/mol. The van der Waals surface area contributed by atoms with Crippen molar-refractivity contribution in [2.75, 3.05) is 6.61 Å². The predicted octanol–water partition coefficient (Wildman–Crippen LogP) is 5.59. The van der Waals surface area contributed by atoms with Crippen molar-refractivity contribution in [1.29, 1.82) is 0 Å². The lowest BCUT2D eigenvalue weighted by atomic mass is 10.1. The number of benzene rings is 1. The average molecular weight is 449 g/mol. The van der Waals surface area contributed by atoms with Gasteiger partial charge in [0, 0.05) is 0 Å². The van der Waals surface area contributed by atoms with E-state index in [0.29, 0.717) is 22.9 Å². The number of hydrogen-bond acceptors (Lipinski definition) is 5. The molecule has 0 atom stereocenters. The maximum absolute atomic E-state index is 13.9. The standard InChI is InChI=1S/C20H14F3N3O2S2/c1-2-28-14-7-4-3-6-13(14)26-17-16(18(27)25-19(26)29)11(20(21,22)23)10-12(24-17)15-8-5-9-30-15/h3-10H,2H2,1H3,(H,25,27,29). The third-order valence-electron chi connectivity index (χ3n) is 4.35. The molecule has 0 saturated heterocycles. The van der Waals surface area contributed by atoms with Gasteiger partial charge in [-0.25, -0.2) is 4.98 Å². The first-order valence-electron chi connectivity index (χ1n) is 8.84. The number of ether oxygens (including phenoxy) is 1. The second kappa shape index (κ2) is 7.69. The van der Waals surface area contributed by atoms with Crippen molar-refractivity contribution in [2.24, 2.45) is 0 Å². The number of aromatic nitrogens is 3. The summed E-state index contributed by atoms with van der Waals surface area (Å²) in [4.78, 5) is 19.9. The summed E-state index contributed by atoms with van der Waals surface area (Å²) in [5.74, 6) is 0.404. The molecule has 0 bridgehead atoms. The number of H-pyrrole nitrogens is 1. The van der Waals surface area contributed by atoms with E-state index >= 15 is 0 Å². The zero-order valence-electron chi connectivity index (χ0n) is 15.5. The molecule has 3 heterocycles. The van der Waals surface area contributed by atoms with E-state index in [1.54, 1.807) is 48.7 Å². The first-order valence-corrected chi connectivity index (χ1v) is 10.1. The lowest BCUT2D eigenvalue weighted by Gasteiger charge is -2.17. The average Bonchev–Trinajstić information content (AvgIpc) is 3.22. The summed E-state index contributed by atoms with van der Waals surface area (Å²) >= 11 is 6.56. The fraction of sp³-hybridized carbons (Fsp3) is 0.150. The Morgan fingerprint density at radius 1 is 1.23 bits per heavy atom. The Kier molecular flexibility index (Phi) is 5.20. The van der Waals surface area contributed by atoms with Crippen molar-refractivity contribution in [3.8, 4) is 22.0 Å². The smallest absolute Gasteiger partial charge is 0.417 e. The Labute approximate surface area is 177 Å². The highest BCUT2D eigenvalue weighted by atomic mass is 32.1. The molecule has 4 rings (SSSR count). The Morgan fingerprint density at radius 3 is 2.67 bits per heavy atom. The van der Waals surface area contributed by atoms with Crippen LogP contribution < -0.4 is 10.3 Å². The zero-order chi connectivity index (χ0) is 21.5. The largest absolute Gasteiger partial charge is 0.492 e. The van der Waals surface area contributed by atoms with Crippen molar-refractivity contribution in [3.05, 3.63) is 68.5 Å². The van der Waals surface area contributed by atoms with E-state index in [2.05, 4.69) is 9.97 Å². The van der Waals surface area contributed by atoms with E-state index in [9.17, 15) is 18.0 Å². The summed E-state index contributed by atoms with van der Waals surface area (Å²) in [5.41, 5.74) is -1.72. The third-order valence-corrected chi connectivity index (χ3v) is 5.52. The molecular weight excluding hydrogens is 435 g/mol. The van der Waals surface area contributed by atoms with Crippen LogP contribution in [0.4, 0.5) is 13.2 Å². The van der Waals surface area contributed by atoms with E-state index in [-0.39, 0.29) is 16.1 Å². The zero-order valence-corrected chi connectivity index (χ0v) is 17.1. The van der Waals surface area contributed by atoms with Gasteiger partial charge in [-0.05, 0) is 48.8 Å². The van der Waals surface area contributed by atoms with E-state index in [4.69, 9.17) is 17.0 Å². The van der Waals surface area contributed by atoms with Crippen LogP contribution in [0.2, 0.25) is 0 Å². The molecule has 3 aromatic heterocycles. The highest BCUT2D eigenvalue weighted by molar-refractivity contribution is 7.71. The maximum Gasteiger partial charge on any atom is 0.417 e.